The highest BCUT2D eigenvalue weighted by molar-refractivity contribution is 5.49. The van der Waals surface area contributed by atoms with Crippen LogP contribution in [0.1, 0.15) is 6.42 Å². The van der Waals surface area contributed by atoms with Gasteiger partial charge in [0, 0.05) is 13.1 Å². The van der Waals surface area contributed by atoms with Gasteiger partial charge in [0.1, 0.15) is 0 Å². The van der Waals surface area contributed by atoms with Crippen LogP contribution in [0.2, 0.25) is 0 Å². The van der Waals surface area contributed by atoms with Crippen molar-refractivity contribution in [3.8, 4) is 0 Å². The third-order valence-electron chi connectivity index (χ3n) is 1.33. The summed E-state index contributed by atoms with van der Waals surface area (Å²) < 4.78 is 0. The van der Waals surface area contributed by atoms with E-state index in [1.807, 2.05) is 0 Å². The number of amides is 1. The molecule has 1 aliphatic heterocycles. The van der Waals surface area contributed by atoms with Crippen molar-refractivity contribution in [2.24, 2.45) is 0 Å². The summed E-state index contributed by atoms with van der Waals surface area (Å²) in [7, 11) is 0. The van der Waals surface area contributed by atoms with Crippen LogP contribution in [0.25, 0.3) is 0 Å². The molecule has 0 radical (unpaired) electrons. The van der Waals surface area contributed by atoms with E-state index in [1.165, 1.54) is 0 Å². The second-order valence-electron chi connectivity index (χ2n) is 2.08. The van der Waals surface area contributed by atoms with Gasteiger partial charge in [0.2, 0.25) is 6.41 Å². The monoisotopic (exact) mass is 111 g/mol. The molecule has 1 fully saturated rings. The Kier molecular flexibility index (Phi) is 1.33. The van der Waals surface area contributed by atoms with Crippen molar-refractivity contribution in [1.29, 1.82) is 0 Å². The van der Waals surface area contributed by atoms with Gasteiger partial charge in [0.05, 0.1) is 0 Å². The highest BCUT2D eigenvalue weighted by Crippen LogP contribution is 2.09. The number of hydrogen-bond donors (Lipinski definition) is 0. The zero-order chi connectivity index (χ0) is 5.98. The molecule has 2 heteroatoms. The van der Waals surface area contributed by atoms with Gasteiger partial charge in [0.15, 0.2) is 0 Å². The molecule has 0 aromatic rings. The lowest BCUT2D eigenvalue weighted by Gasteiger charge is -2.03. The fourth-order valence-electron chi connectivity index (χ4n) is 0.837. The molecule has 1 saturated heterocycles. The summed E-state index contributed by atoms with van der Waals surface area (Å²) in [5.74, 6) is 0. The Morgan fingerprint density at radius 3 is 2.75 bits per heavy atom. The van der Waals surface area contributed by atoms with Crippen LogP contribution in [0.4, 0.5) is 0 Å². The van der Waals surface area contributed by atoms with Crippen LogP contribution in [-0.4, -0.2) is 24.4 Å². The van der Waals surface area contributed by atoms with Crippen LogP contribution < -0.4 is 0 Å². The van der Waals surface area contributed by atoms with Crippen molar-refractivity contribution < 1.29 is 4.79 Å². The van der Waals surface area contributed by atoms with Gasteiger partial charge in [0.25, 0.3) is 0 Å². The lowest BCUT2D eigenvalue weighted by atomic mass is 10.3. The van der Waals surface area contributed by atoms with Crippen molar-refractivity contribution >= 4 is 6.41 Å². The maximum atomic E-state index is 10.0. The van der Waals surface area contributed by atoms with Gasteiger partial charge in [-0.25, -0.2) is 0 Å². The zero-order valence-electron chi connectivity index (χ0n) is 4.76. The summed E-state index contributed by atoms with van der Waals surface area (Å²) in [5, 5.41) is 0. The number of rotatable bonds is 1. The van der Waals surface area contributed by atoms with Crippen molar-refractivity contribution in [3.05, 3.63) is 12.2 Å². The highest BCUT2D eigenvalue weighted by atomic mass is 16.1. The molecule has 0 aliphatic carbocycles. The van der Waals surface area contributed by atoms with Crippen LogP contribution in [0.3, 0.4) is 0 Å². The molecule has 1 aliphatic rings. The molecule has 0 aromatic carbocycles. The second-order valence-corrected chi connectivity index (χ2v) is 2.08. The summed E-state index contributed by atoms with van der Waals surface area (Å²) in [4.78, 5) is 11.8. The molecule has 8 heavy (non-hydrogen) atoms. The molecule has 1 heterocycles. The fraction of sp³-hybridized carbons (Fsp3) is 0.500. The summed E-state index contributed by atoms with van der Waals surface area (Å²) in [5.41, 5.74) is 1.16. The normalized spacial score (nSPS) is 19.5. The molecular weight excluding hydrogens is 102 g/mol. The van der Waals surface area contributed by atoms with E-state index in [0.717, 1.165) is 31.5 Å². The van der Waals surface area contributed by atoms with Crippen molar-refractivity contribution in [1.82, 2.24) is 4.90 Å². The average molecular weight is 111 g/mol. The molecule has 0 aromatic heterocycles. The largest absolute Gasteiger partial charge is 0.341 e. The predicted octanol–water partition coefficient (Wildman–Crippen LogP) is 0.405. The Hall–Kier alpha value is -0.790. The number of carbonyl (C=O) groups is 1. The summed E-state index contributed by atoms with van der Waals surface area (Å²) in [6.07, 6.45) is 1.86. The van der Waals surface area contributed by atoms with Gasteiger partial charge in [-0.05, 0) is 6.42 Å². The van der Waals surface area contributed by atoms with Crippen LogP contribution in [0.5, 0.6) is 0 Å². The third kappa shape index (κ3) is 0.886. The van der Waals surface area contributed by atoms with Gasteiger partial charge in [-0.3, -0.25) is 4.79 Å². The van der Waals surface area contributed by atoms with E-state index >= 15 is 0 Å². The maximum absolute atomic E-state index is 10.0. The van der Waals surface area contributed by atoms with E-state index in [4.69, 9.17) is 0 Å². The smallest absolute Gasteiger partial charge is 0.210 e. The predicted molar refractivity (Wildman–Crippen MR) is 31.4 cm³/mol. The first-order valence-electron chi connectivity index (χ1n) is 2.69. The first-order valence-corrected chi connectivity index (χ1v) is 2.69. The average Bonchev–Trinajstić information content (AvgIpc) is 2.14. The van der Waals surface area contributed by atoms with Crippen LogP contribution in [-0.2, 0) is 4.79 Å². The molecule has 0 spiro atoms. The van der Waals surface area contributed by atoms with Gasteiger partial charge in [-0.15, -0.1) is 0 Å². The van der Waals surface area contributed by atoms with Crippen molar-refractivity contribution in [2.75, 3.05) is 13.1 Å². The Morgan fingerprint density at radius 2 is 2.50 bits per heavy atom. The molecular formula is C6H9NO. The zero-order valence-corrected chi connectivity index (χ0v) is 4.76. The van der Waals surface area contributed by atoms with E-state index in [2.05, 4.69) is 6.58 Å². The Bertz CT molecular complexity index is 120. The number of likely N-dealkylation sites (tertiary alicyclic amines) is 1. The van der Waals surface area contributed by atoms with Gasteiger partial charge < -0.3 is 4.90 Å². The van der Waals surface area contributed by atoms with E-state index in [1.54, 1.807) is 4.90 Å². The molecule has 2 nitrogen and oxygen atoms in total. The molecule has 0 N–H and O–H groups in total. The first kappa shape index (κ1) is 5.35. The molecule has 1 rings (SSSR count). The minimum atomic E-state index is 0.767. The lowest BCUT2D eigenvalue weighted by molar-refractivity contribution is -0.117. The van der Waals surface area contributed by atoms with Crippen LogP contribution in [0, 0.1) is 0 Å². The SMILES string of the molecule is C=C1CCN(C=O)C1. The van der Waals surface area contributed by atoms with E-state index in [9.17, 15) is 4.79 Å². The fourth-order valence-corrected chi connectivity index (χ4v) is 0.837. The lowest BCUT2D eigenvalue weighted by Crippen LogP contribution is -2.15. The summed E-state index contributed by atoms with van der Waals surface area (Å²) in [6.45, 7) is 5.38. The molecule has 0 bridgehead atoms. The van der Waals surface area contributed by atoms with Crippen molar-refractivity contribution in [2.45, 2.75) is 6.42 Å². The van der Waals surface area contributed by atoms with Gasteiger partial charge >= 0.3 is 0 Å². The topological polar surface area (TPSA) is 20.3 Å². The molecule has 0 atom stereocenters. The number of carbonyl (C=O) groups excluding carboxylic acids is 1. The molecule has 44 valence electrons. The Morgan fingerprint density at radius 1 is 1.75 bits per heavy atom. The maximum Gasteiger partial charge on any atom is 0.210 e. The molecule has 0 saturated carbocycles. The summed E-state index contributed by atoms with van der Waals surface area (Å²) >= 11 is 0. The highest BCUT2D eigenvalue weighted by Gasteiger charge is 2.10. The minimum Gasteiger partial charge on any atom is -0.341 e. The second kappa shape index (κ2) is 1.99. The standard InChI is InChI=1S/C6H9NO/c1-6-2-3-7(4-6)5-8/h5H,1-4H2. The van der Waals surface area contributed by atoms with Crippen LogP contribution >= 0.6 is 0 Å². The summed E-state index contributed by atoms with van der Waals surface area (Å²) in [6, 6.07) is 0. The van der Waals surface area contributed by atoms with E-state index < -0.39 is 0 Å². The van der Waals surface area contributed by atoms with Gasteiger partial charge in [-0.2, -0.15) is 0 Å². The van der Waals surface area contributed by atoms with Gasteiger partial charge in [-0.1, -0.05) is 12.2 Å². The van der Waals surface area contributed by atoms with E-state index in [0.29, 0.717) is 0 Å². The minimum absolute atomic E-state index is 0.767. The first-order chi connectivity index (χ1) is 3.83. The number of hydrogen-bond acceptors (Lipinski definition) is 1. The Balaban J connectivity index is 2.43. The van der Waals surface area contributed by atoms with Crippen molar-refractivity contribution in [3.63, 3.8) is 0 Å². The van der Waals surface area contributed by atoms with Crippen LogP contribution in [0.15, 0.2) is 12.2 Å². The number of nitrogens with zero attached hydrogens (tertiary/aromatic N) is 1. The quantitative estimate of drug-likeness (QED) is 0.354. The van der Waals surface area contributed by atoms with E-state index in [-0.39, 0.29) is 0 Å². The third-order valence-corrected chi connectivity index (χ3v) is 1.33. The molecule has 1 amide bonds. The Labute approximate surface area is 48.8 Å². The molecule has 0 unspecified atom stereocenters.